The van der Waals surface area contributed by atoms with E-state index in [1.54, 1.807) is 17.0 Å². The van der Waals surface area contributed by atoms with Gasteiger partial charge in [0, 0.05) is 24.7 Å². The highest BCUT2D eigenvalue weighted by Crippen LogP contribution is 2.29. The lowest BCUT2D eigenvalue weighted by Crippen LogP contribution is -2.46. The summed E-state index contributed by atoms with van der Waals surface area (Å²) in [6, 6.07) is 7.35. The lowest BCUT2D eigenvalue weighted by Gasteiger charge is -2.31. The van der Waals surface area contributed by atoms with Crippen LogP contribution in [0.15, 0.2) is 47.1 Å². The van der Waals surface area contributed by atoms with Crippen molar-refractivity contribution in [1.29, 1.82) is 0 Å². The summed E-state index contributed by atoms with van der Waals surface area (Å²) in [5.74, 6) is -0.499. The van der Waals surface area contributed by atoms with Crippen molar-refractivity contribution in [2.75, 3.05) is 13.1 Å². The Morgan fingerprint density at radius 2 is 1.85 bits per heavy atom. The van der Waals surface area contributed by atoms with Gasteiger partial charge in [-0.1, -0.05) is 6.07 Å². The summed E-state index contributed by atoms with van der Waals surface area (Å²) in [6.45, 7) is 0.875. The van der Waals surface area contributed by atoms with E-state index in [9.17, 15) is 22.8 Å². The van der Waals surface area contributed by atoms with E-state index < -0.39 is 17.6 Å². The number of piperidine rings is 1. The van der Waals surface area contributed by atoms with Crippen LogP contribution in [0.3, 0.4) is 0 Å². The number of halogens is 3. The summed E-state index contributed by atoms with van der Waals surface area (Å²) in [4.78, 5) is 26.0. The number of rotatable bonds is 3. The fourth-order valence-electron chi connectivity index (χ4n) is 2.89. The molecule has 26 heavy (non-hydrogen) atoms. The van der Waals surface area contributed by atoms with Gasteiger partial charge in [-0.3, -0.25) is 9.59 Å². The SMILES string of the molecule is O=C(NC1CCN(C(=O)c2ccco2)CC1)c1cccc(C(F)(F)F)c1. The van der Waals surface area contributed by atoms with Crippen LogP contribution in [0.1, 0.15) is 39.3 Å². The van der Waals surface area contributed by atoms with Gasteiger partial charge in [-0.05, 0) is 43.2 Å². The number of likely N-dealkylation sites (tertiary alicyclic amines) is 1. The van der Waals surface area contributed by atoms with Gasteiger partial charge in [0.05, 0.1) is 11.8 Å². The summed E-state index contributed by atoms with van der Waals surface area (Å²) in [5, 5.41) is 2.74. The van der Waals surface area contributed by atoms with Crippen LogP contribution in [0.4, 0.5) is 13.2 Å². The van der Waals surface area contributed by atoms with Gasteiger partial charge in [-0.2, -0.15) is 13.2 Å². The zero-order chi connectivity index (χ0) is 18.7. The number of furan rings is 1. The molecule has 2 amide bonds. The minimum Gasteiger partial charge on any atom is -0.459 e. The Labute approximate surface area is 147 Å². The zero-order valence-corrected chi connectivity index (χ0v) is 13.8. The molecule has 1 aliphatic heterocycles. The third-order valence-corrected chi connectivity index (χ3v) is 4.30. The van der Waals surface area contributed by atoms with Gasteiger partial charge in [0.15, 0.2) is 5.76 Å². The fraction of sp³-hybridized carbons (Fsp3) is 0.333. The molecule has 1 N–H and O–H groups in total. The topological polar surface area (TPSA) is 62.6 Å². The molecular weight excluding hydrogens is 349 g/mol. The number of nitrogens with zero attached hydrogens (tertiary/aromatic N) is 1. The molecule has 2 heterocycles. The molecule has 138 valence electrons. The van der Waals surface area contributed by atoms with Gasteiger partial charge in [0.25, 0.3) is 11.8 Å². The third-order valence-electron chi connectivity index (χ3n) is 4.30. The van der Waals surface area contributed by atoms with E-state index in [4.69, 9.17) is 4.42 Å². The number of alkyl halides is 3. The fourth-order valence-corrected chi connectivity index (χ4v) is 2.89. The van der Waals surface area contributed by atoms with Crippen LogP contribution in [0.25, 0.3) is 0 Å². The largest absolute Gasteiger partial charge is 0.459 e. The summed E-state index contributed by atoms with van der Waals surface area (Å²) >= 11 is 0. The second-order valence-corrected chi connectivity index (χ2v) is 6.10. The second kappa shape index (κ2) is 7.23. The Morgan fingerprint density at radius 1 is 1.12 bits per heavy atom. The molecule has 0 unspecified atom stereocenters. The van der Waals surface area contributed by atoms with Gasteiger partial charge in [0.2, 0.25) is 0 Å². The normalized spacial score (nSPS) is 15.7. The molecule has 1 aromatic carbocycles. The zero-order valence-electron chi connectivity index (χ0n) is 13.8. The Morgan fingerprint density at radius 3 is 2.46 bits per heavy atom. The lowest BCUT2D eigenvalue weighted by atomic mass is 10.0. The molecule has 1 aromatic heterocycles. The maximum absolute atomic E-state index is 12.7. The Balaban J connectivity index is 1.56. The maximum Gasteiger partial charge on any atom is 0.416 e. The molecule has 2 aromatic rings. The first-order valence-corrected chi connectivity index (χ1v) is 8.15. The molecule has 0 saturated carbocycles. The van der Waals surface area contributed by atoms with E-state index in [1.807, 2.05) is 0 Å². The Hall–Kier alpha value is -2.77. The molecule has 8 heteroatoms. The number of carbonyl (C=O) groups excluding carboxylic acids is 2. The lowest BCUT2D eigenvalue weighted by molar-refractivity contribution is -0.137. The molecular formula is C18H17F3N2O3. The van der Waals surface area contributed by atoms with Crippen molar-refractivity contribution in [2.24, 2.45) is 0 Å². The van der Waals surface area contributed by atoms with Crippen molar-refractivity contribution in [3.8, 4) is 0 Å². The summed E-state index contributed by atoms with van der Waals surface area (Å²) in [6.07, 6.45) is -2.02. The molecule has 0 spiro atoms. The average Bonchev–Trinajstić information content (AvgIpc) is 3.16. The molecule has 1 saturated heterocycles. The Kier molecular flexibility index (Phi) is 5.01. The van der Waals surface area contributed by atoms with Crippen molar-refractivity contribution in [3.63, 3.8) is 0 Å². The highest BCUT2D eigenvalue weighted by atomic mass is 19.4. The number of carbonyl (C=O) groups is 2. The maximum atomic E-state index is 12.7. The summed E-state index contributed by atoms with van der Waals surface area (Å²) in [5.41, 5.74) is -0.891. The van der Waals surface area contributed by atoms with E-state index >= 15 is 0 Å². The van der Waals surface area contributed by atoms with Gasteiger partial charge in [-0.25, -0.2) is 0 Å². The minimum atomic E-state index is -4.49. The molecule has 0 radical (unpaired) electrons. The third kappa shape index (κ3) is 4.07. The number of benzene rings is 1. The van der Waals surface area contributed by atoms with Crippen molar-refractivity contribution < 1.29 is 27.2 Å². The standard InChI is InChI=1S/C18H17F3N2O3/c19-18(20,21)13-4-1-3-12(11-13)16(24)22-14-6-8-23(9-7-14)17(25)15-5-2-10-26-15/h1-5,10-11,14H,6-9H2,(H,22,24). The quantitative estimate of drug-likeness (QED) is 0.906. The average molecular weight is 366 g/mol. The van der Waals surface area contributed by atoms with Crippen molar-refractivity contribution in [2.45, 2.75) is 25.1 Å². The molecule has 5 nitrogen and oxygen atoms in total. The highest BCUT2D eigenvalue weighted by molar-refractivity contribution is 5.94. The highest BCUT2D eigenvalue weighted by Gasteiger charge is 2.31. The first-order chi connectivity index (χ1) is 12.3. The number of nitrogens with one attached hydrogen (secondary N) is 1. The van der Waals surface area contributed by atoms with Gasteiger partial charge >= 0.3 is 6.18 Å². The summed E-state index contributed by atoms with van der Waals surface area (Å²) in [7, 11) is 0. The molecule has 0 aliphatic carbocycles. The first kappa shape index (κ1) is 18.0. The van der Waals surface area contributed by atoms with Crippen LogP contribution >= 0.6 is 0 Å². The molecule has 1 aliphatic rings. The van der Waals surface area contributed by atoms with E-state index in [0.717, 1.165) is 12.1 Å². The van der Waals surface area contributed by atoms with E-state index in [1.165, 1.54) is 18.4 Å². The van der Waals surface area contributed by atoms with E-state index in [0.29, 0.717) is 25.9 Å². The van der Waals surface area contributed by atoms with Crippen molar-refractivity contribution >= 4 is 11.8 Å². The van der Waals surface area contributed by atoms with Gasteiger partial charge in [-0.15, -0.1) is 0 Å². The van der Waals surface area contributed by atoms with Gasteiger partial charge in [0.1, 0.15) is 0 Å². The predicted octanol–water partition coefficient (Wildman–Crippen LogP) is 3.33. The van der Waals surface area contributed by atoms with Crippen molar-refractivity contribution in [3.05, 3.63) is 59.5 Å². The monoisotopic (exact) mass is 366 g/mol. The second-order valence-electron chi connectivity index (χ2n) is 6.10. The smallest absolute Gasteiger partial charge is 0.416 e. The van der Waals surface area contributed by atoms with Crippen LogP contribution in [0, 0.1) is 0 Å². The van der Waals surface area contributed by atoms with Crippen LogP contribution < -0.4 is 5.32 Å². The predicted molar refractivity (Wildman–Crippen MR) is 86.5 cm³/mol. The molecule has 0 bridgehead atoms. The first-order valence-electron chi connectivity index (χ1n) is 8.15. The van der Waals surface area contributed by atoms with Crippen LogP contribution in [0.5, 0.6) is 0 Å². The number of hydrogen-bond donors (Lipinski definition) is 1. The molecule has 1 fully saturated rings. The van der Waals surface area contributed by atoms with E-state index in [-0.39, 0.29) is 23.3 Å². The van der Waals surface area contributed by atoms with Crippen LogP contribution in [0.2, 0.25) is 0 Å². The van der Waals surface area contributed by atoms with Crippen molar-refractivity contribution in [1.82, 2.24) is 10.2 Å². The molecule has 0 atom stereocenters. The van der Waals surface area contributed by atoms with Gasteiger partial charge < -0.3 is 14.6 Å². The van der Waals surface area contributed by atoms with Crippen LogP contribution in [-0.2, 0) is 6.18 Å². The van der Waals surface area contributed by atoms with E-state index in [2.05, 4.69) is 5.32 Å². The molecule has 3 rings (SSSR count). The number of amides is 2. The minimum absolute atomic E-state index is 0.0334. The Bertz CT molecular complexity index is 779. The summed E-state index contributed by atoms with van der Waals surface area (Å²) < 4.78 is 43.3. The number of hydrogen-bond acceptors (Lipinski definition) is 3. The van der Waals surface area contributed by atoms with Crippen LogP contribution in [-0.4, -0.2) is 35.8 Å².